The minimum absolute atomic E-state index is 0.143. The van der Waals surface area contributed by atoms with Crippen molar-refractivity contribution < 1.29 is 23.9 Å². The molecular formula is C20H23N3O5S. The highest BCUT2D eigenvalue weighted by Crippen LogP contribution is 2.10. The summed E-state index contributed by atoms with van der Waals surface area (Å²) in [5, 5.41) is 6.84. The van der Waals surface area contributed by atoms with Crippen LogP contribution in [0.15, 0.2) is 47.8 Å². The Kier molecular flexibility index (Phi) is 8.35. The van der Waals surface area contributed by atoms with E-state index in [4.69, 9.17) is 4.74 Å². The Balaban J connectivity index is 2.00. The molecule has 1 aromatic heterocycles. The zero-order valence-corrected chi connectivity index (χ0v) is 17.0. The van der Waals surface area contributed by atoms with Crippen molar-refractivity contribution in [2.45, 2.75) is 12.5 Å². The fourth-order valence-electron chi connectivity index (χ4n) is 2.41. The van der Waals surface area contributed by atoms with Gasteiger partial charge in [0, 0.05) is 20.5 Å². The molecule has 1 aromatic carbocycles. The SMILES string of the molecule is CNC(=O)CN(C)C(=O)COC(=O)[C@H](Cc1ccccc1)NC(=O)c1cccs1. The molecule has 0 unspecified atom stereocenters. The fraction of sp³-hybridized carbons (Fsp3) is 0.300. The minimum atomic E-state index is -0.955. The quantitative estimate of drug-likeness (QED) is 0.588. The van der Waals surface area contributed by atoms with Gasteiger partial charge in [0.2, 0.25) is 5.91 Å². The number of esters is 1. The van der Waals surface area contributed by atoms with Gasteiger partial charge in [-0.1, -0.05) is 36.4 Å². The van der Waals surface area contributed by atoms with Crippen molar-refractivity contribution in [3.05, 3.63) is 58.3 Å². The van der Waals surface area contributed by atoms with Crippen LogP contribution in [-0.2, 0) is 25.5 Å². The number of nitrogens with one attached hydrogen (secondary N) is 2. The Hall–Kier alpha value is -3.20. The zero-order chi connectivity index (χ0) is 21.2. The summed E-state index contributed by atoms with van der Waals surface area (Å²) in [6.07, 6.45) is 0.221. The number of nitrogens with zero attached hydrogens (tertiary/aromatic N) is 1. The third kappa shape index (κ3) is 7.04. The molecule has 2 N–H and O–H groups in total. The van der Waals surface area contributed by atoms with E-state index in [1.165, 1.54) is 25.4 Å². The van der Waals surface area contributed by atoms with Crippen molar-refractivity contribution in [3.63, 3.8) is 0 Å². The molecule has 1 atom stereocenters. The Bertz CT molecular complexity index is 839. The molecule has 0 spiro atoms. The highest BCUT2D eigenvalue weighted by atomic mass is 32.1. The molecule has 0 saturated heterocycles. The number of benzene rings is 1. The van der Waals surface area contributed by atoms with Gasteiger partial charge < -0.3 is 20.3 Å². The van der Waals surface area contributed by atoms with Crippen molar-refractivity contribution in [1.82, 2.24) is 15.5 Å². The number of amides is 3. The van der Waals surface area contributed by atoms with E-state index in [2.05, 4.69) is 10.6 Å². The van der Waals surface area contributed by atoms with Crippen molar-refractivity contribution in [3.8, 4) is 0 Å². The number of hydrogen-bond donors (Lipinski definition) is 2. The predicted molar refractivity (Wildman–Crippen MR) is 108 cm³/mol. The number of hydrogen-bond acceptors (Lipinski definition) is 6. The molecule has 0 fully saturated rings. The maximum atomic E-state index is 12.6. The number of ether oxygens (including phenoxy) is 1. The molecule has 0 aliphatic carbocycles. The van der Waals surface area contributed by atoms with Crippen LogP contribution in [0.3, 0.4) is 0 Å². The molecule has 1 heterocycles. The lowest BCUT2D eigenvalue weighted by Crippen LogP contribution is -2.45. The van der Waals surface area contributed by atoms with E-state index in [0.717, 1.165) is 10.5 Å². The minimum Gasteiger partial charge on any atom is -0.454 e. The molecule has 154 valence electrons. The fourth-order valence-corrected chi connectivity index (χ4v) is 3.03. The van der Waals surface area contributed by atoms with Gasteiger partial charge in [0.15, 0.2) is 6.61 Å². The molecule has 2 aromatic rings. The van der Waals surface area contributed by atoms with Crippen LogP contribution in [-0.4, -0.2) is 61.9 Å². The largest absolute Gasteiger partial charge is 0.454 e. The van der Waals surface area contributed by atoms with Crippen LogP contribution in [0.4, 0.5) is 0 Å². The maximum Gasteiger partial charge on any atom is 0.329 e. The molecular weight excluding hydrogens is 394 g/mol. The molecule has 2 rings (SSSR count). The van der Waals surface area contributed by atoms with Crippen molar-refractivity contribution >= 4 is 35.0 Å². The Morgan fingerprint density at radius 2 is 1.83 bits per heavy atom. The first-order chi connectivity index (χ1) is 13.9. The number of carbonyl (C=O) groups is 4. The molecule has 0 aliphatic rings. The molecule has 0 aliphatic heterocycles. The summed E-state index contributed by atoms with van der Waals surface area (Å²) in [5.74, 6) is -1.97. The molecule has 3 amide bonds. The normalized spacial score (nSPS) is 11.2. The third-order valence-electron chi connectivity index (χ3n) is 4.04. The second-order valence-corrected chi connectivity index (χ2v) is 7.17. The molecule has 8 nitrogen and oxygen atoms in total. The van der Waals surface area contributed by atoms with Crippen LogP contribution < -0.4 is 10.6 Å². The lowest BCUT2D eigenvalue weighted by atomic mass is 10.1. The van der Waals surface area contributed by atoms with Gasteiger partial charge in [-0.05, 0) is 17.0 Å². The van der Waals surface area contributed by atoms with E-state index in [1.807, 2.05) is 30.3 Å². The number of thiophene rings is 1. The van der Waals surface area contributed by atoms with E-state index >= 15 is 0 Å². The first-order valence-electron chi connectivity index (χ1n) is 8.90. The zero-order valence-electron chi connectivity index (χ0n) is 16.2. The highest BCUT2D eigenvalue weighted by Gasteiger charge is 2.25. The predicted octanol–water partition coefficient (Wildman–Crippen LogP) is 0.837. The third-order valence-corrected chi connectivity index (χ3v) is 4.91. The summed E-state index contributed by atoms with van der Waals surface area (Å²) in [5.41, 5.74) is 0.837. The Morgan fingerprint density at radius 1 is 1.10 bits per heavy atom. The van der Waals surface area contributed by atoms with Crippen LogP contribution in [0.1, 0.15) is 15.2 Å². The van der Waals surface area contributed by atoms with Gasteiger partial charge in [0.1, 0.15) is 6.04 Å². The molecule has 9 heteroatoms. The van der Waals surface area contributed by atoms with Crippen molar-refractivity contribution in [1.29, 1.82) is 0 Å². The van der Waals surface area contributed by atoms with E-state index in [9.17, 15) is 19.2 Å². The van der Waals surface area contributed by atoms with E-state index in [-0.39, 0.29) is 24.8 Å². The summed E-state index contributed by atoms with van der Waals surface area (Å²) in [6.45, 7) is -0.665. The maximum absolute atomic E-state index is 12.6. The average molecular weight is 417 g/mol. The molecule has 0 saturated carbocycles. The lowest BCUT2D eigenvalue weighted by Gasteiger charge is -2.19. The van der Waals surface area contributed by atoms with Crippen molar-refractivity contribution in [2.24, 2.45) is 0 Å². The lowest BCUT2D eigenvalue weighted by molar-refractivity contribution is -0.153. The summed E-state index contributed by atoms with van der Waals surface area (Å²) in [6, 6.07) is 11.6. The molecule has 29 heavy (non-hydrogen) atoms. The summed E-state index contributed by atoms with van der Waals surface area (Å²) in [7, 11) is 2.90. The Labute approximate surface area is 172 Å². The van der Waals surface area contributed by atoms with Crippen LogP contribution in [0.5, 0.6) is 0 Å². The van der Waals surface area contributed by atoms with Gasteiger partial charge in [-0.3, -0.25) is 14.4 Å². The standard InChI is InChI=1S/C20H23N3O5S/c1-21-17(24)12-23(2)18(25)13-28-20(27)15(11-14-7-4-3-5-8-14)22-19(26)16-9-6-10-29-16/h3-10,15H,11-13H2,1-2H3,(H,21,24)(H,22,26)/t15-/m0/s1. The molecule has 0 radical (unpaired) electrons. The summed E-state index contributed by atoms with van der Waals surface area (Å²) >= 11 is 1.26. The van der Waals surface area contributed by atoms with Crippen LogP contribution in [0, 0.1) is 0 Å². The number of carbonyl (C=O) groups excluding carboxylic acids is 4. The van der Waals surface area contributed by atoms with Gasteiger partial charge in [-0.15, -0.1) is 11.3 Å². The van der Waals surface area contributed by atoms with Gasteiger partial charge in [-0.25, -0.2) is 4.79 Å². The van der Waals surface area contributed by atoms with Crippen molar-refractivity contribution in [2.75, 3.05) is 27.2 Å². The van der Waals surface area contributed by atoms with Gasteiger partial charge >= 0.3 is 5.97 Å². The van der Waals surface area contributed by atoms with Gasteiger partial charge in [-0.2, -0.15) is 0 Å². The van der Waals surface area contributed by atoms with E-state index in [1.54, 1.807) is 17.5 Å². The van der Waals surface area contributed by atoms with Gasteiger partial charge in [0.25, 0.3) is 11.8 Å². The van der Waals surface area contributed by atoms with E-state index in [0.29, 0.717) is 4.88 Å². The van der Waals surface area contributed by atoms with E-state index < -0.39 is 24.5 Å². The van der Waals surface area contributed by atoms with Gasteiger partial charge in [0.05, 0.1) is 11.4 Å². The highest BCUT2D eigenvalue weighted by molar-refractivity contribution is 7.12. The summed E-state index contributed by atoms with van der Waals surface area (Å²) < 4.78 is 5.12. The first-order valence-corrected chi connectivity index (χ1v) is 9.78. The second-order valence-electron chi connectivity index (χ2n) is 6.22. The number of likely N-dealkylation sites (N-methyl/N-ethyl adjacent to an activating group) is 2. The first kappa shape index (κ1) is 22.1. The van der Waals surface area contributed by atoms with Crippen LogP contribution in [0.25, 0.3) is 0 Å². The average Bonchev–Trinajstić information content (AvgIpc) is 3.26. The number of rotatable bonds is 9. The van der Waals surface area contributed by atoms with Crippen LogP contribution >= 0.6 is 11.3 Å². The second kappa shape index (κ2) is 11.0. The monoisotopic (exact) mass is 417 g/mol. The molecule has 0 bridgehead atoms. The smallest absolute Gasteiger partial charge is 0.329 e. The van der Waals surface area contributed by atoms with Crippen LogP contribution in [0.2, 0.25) is 0 Å². The Morgan fingerprint density at radius 3 is 2.45 bits per heavy atom. The summed E-state index contributed by atoms with van der Waals surface area (Å²) in [4.78, 5) is 50.0. The topological polar surface area (TPSA) is 105 Å².